The van der Waals surface area contributed by atoms with E-state index < -0.39 is 0 Å². The monoisotopic (exact) mass is 172 g/mol. The van der Waals surface area contributed by atoms with Gasteiger partial charge in [-0.15, -0.1) is 0 Å². The molecule has 0 aromatic carbocycles. The van der Waals surface area contributed by atoms with Gasteiger partial charge in [-0.05, 0) is 0 Å². The molecule has 0 aliphatic heterocycles. The van der Waals surface area contributed by atoms with Crippen molar-refractivity contribution in [1.82, 2.24) is 0 Å². The summed E-state index contributed by atoms with van der Waals surface area (Å²) in [6, 6.07) is 1.56. The third-order valence-electron chi connectivity index (χ3n) is 1.10. The van der Waals surface area contributed by atoms with Crippen LogP contribution in [-0.4, -0.2) is 21.3 Å². The van der Waals surface area contributed by atoms with Crippen molar-refractivity contribution in [1.29, 1.82) is 0 Å². The molecular weight excluding hydrogens is 160 g/mol. The maximum atomic E-state index is 10.2. The lowest BCUT2D eigenvalue weighted by Gasteiger charge is -1.94. The van der Waals surface area contributed by atoms with E-state index in [1.807, 2.05) is 0 Å². The first-order valence-electron chi connectivity index (χ1n) is 3.40. The van der Waals surface area contributed by atoms with Crippen LogP contribution in [0.3, 0.4) is 0 Å². The molecule has 2 amide bonds. The molecule has 0 saturated heterocycles. The Kier molecular flexibility index (Phi) is 5.45. The zero-order valence-electron chi connectivity index (χ0n) is 6.30. The molecule has 0 aromatic rings. The highest BCUT2D eigenvalue weighted by molar-refractivity contribution is 6.36. The fourth-order valence-corrected chi connectivity index (χ4v) is 1.64. The highest BCUT2D eigenvalue weighted by atomic mass is 28.2. The van der Waals surface area contributed by atoms with Crippen molar-refractivity contribution in [3.8, 4) is 0 Å². The van der Waals surface area contributed by atoms with Crippen molar-refractivity contribution in [2.24, 2.45) is 11.5 Å². The molecule has 4 N–H and O–H groups in total. The summed E-state index contributed by atoms with van der Waals surface area (Å²) in [5.41, 5.74) is 9.82. The molecule has 0 unspecified atom stereocenters. The van der Waals surface area contributed by atoms with Crippen LogP contribution in [0.25, 0.3) is 0 Å². The molecule has 62 valence electrons. The maximum Gasteiger partial charge on any atom is 0.217 e. The lowest BCUT2D eigenvalue weighted by atomic mass is 10.5. The fraction of sp³-hybridized carbons (Fsp3) is 0.667. The summed E-state index contributed by atoms with van der Waals surface area (Å²) in [7, 11) is 0.616. The number of nitrogens with two attached hydrogens (primary N) is 2. The molecule has 0 aromatic heterocycles. The Labute approximate surface area is 68.1 Å². The number of hydrogen-bond acceptors (Lipinski definition) is 2. The molecule has 5 heteroatoms. The van der Waals surface area contributed by atoms with Crippen molar-refractivity contribution >= 4 is 21.3 Å². The van der Waals surface area contributed by atoms with Crippen LogP contribution in [0.2, 0.25) is 12.1 Å². The summed E-state index contributed by atoms with van der Waals surface area (Å²) in [6.07, 6.45) is 0.828. The number of amides is 2. The Bertz CT molecular complexity index is 134. The van der Waals surface area contributed by atoms with Gasteiger partial charge in [-0.25, -0.2) is 0 Å². The van der Waals surface area contributed by atoms with Gasteiger partial charge in [0.2, 0.25) is 11.8 Å². The van der Waals surface area contributed by atoms with Crippen LogP contribution in [0.4, 0.5) is 0 Å². The maximum absolute atomic E-state index is 10.2. The molecule has 2 radical (unpaired) electrons. The summed E-state index contributed by atoms with van der Waals surface area (Å²) in [5.74, 6) is -0.562. The van der Waals surface area contributed by atoms with E-state index in [2.05, 4.69) is 0 Å². The summed E-state index contributed by atoms with van der Waals surface area (Å²) in [4.78, 5) is 20.5. The zero-order valence-corrected chi connectivity index (χ0v) is 7.30. The summed E-state index contributed by atoms with van der Waals surface area (Å²) >= 11 is 0. The van der Waals surface area contributed by atoms with Crippen molar-refractivity contribution in [2.75, 3.05) is 0 Å². The van der Waals surface area contributed by atoms with Gasteiger partial charge in [0.1, 0.15) is 0 Å². The van der Waals surface area contributed by atoms with E-state index >= 15 is 0 Å². The second kappa shape index (κ2) is 5.91. The van der Waals surface area contributed by atoms with Crippen LogP contribution in [-0.2, 0) is 9.59 Å². The van der Waals surface area contributed by atoms with Gasteiger partial charge < -0.3 is 11.5 Å². The number of carbonyl (C=O) groups excluding carboxylic acids is 2. The van der Waals surface area contributed by atoms with Gasteiger partial charge in [-0.1, -0.05) is 12.1 Å². The van der Waals surface area contributed by atoms with Crippen LogP contribution in [0.15, 0.2) is 0 Å². The van der Waals surface area contributed by atoms with E-state index in [1.54, 1.807) is 0 Å². The van der Waals surface area contributed by atoms with E-state index in [1.165, 1.54) is 0 Å². The Hall–Kier alpha value is -0.843. The average Bonchev–Trinajstić information content (AvgIpc) is 1.85. The van der Waals surface area contributed by atoms with Crippen molar-refractivity contribution in [2.45, 2.75) is 24.9 Å². The Balaban J connectivity index is 3.03. The van der Waals surface area contributed by atoms with Crippen molar-refractivity contribution < 1.29 is 9.59 Å². The van der Waals surface area contributed by atoms with Crippen LogP contribution < -0.4 is 11.5 Å². The van der Waals surface area contributed by atoms with Gasteiger partial charge in [-0.3, -0.25) is 9.59 Å². The minimum Gasteiger partial charge on any atom is -0.370 e. The number of hydrogen-bond donors (Lipinski definition) is 2. The molecule has 0 rings (SSSR count). The predicted molar refractivity (Wildman–Crippen MR) is 43.0 cm³/mol. The third-order valence-corrected chi connectivity index (χ3v) is 2.30. The van der Waals surface area contributed by atoms with Crippen molar-refractivity contribution in [3.63, 3.8) is 0 Å². The first kappa shape index (κ1) is 10.2. The molecule has 0 spiro atoms. The minimum absolute atomic E-state index is 0.281. The smallest absolute Gasteiger partial charge is 0.217 e. The standard InChI is InChI=1S/C6H12N2O2Si/c7-5(9)1-3-11-4-2-6(8)10/h1-4H2,(H2,7,9)(H2,8,10). The fourth-order valence-electron chi connectivity index (χ4n) is 0.548. The van der Waals surface area contributed by atoms with Gasteiger partial charge in [0, 0.05) is 22.4 Å². The molecule has 0 aliphatic carbocycles. The molecule has 11 heavy (non-hydrogen) atoms. The summed E-state index contributed by atoms with van der Waals surface area (Å²) in [5, 5.41) is 0. The Morgan fingerprint density at radius 3 is 1.64 bits per heavy atom. The summed E-state index contributed by atoms with van der Waals surface area (Å²) < 4.78 is 0. The minimum atomic E-state index is -0.281. The first-order valence-corrected chi connectivity index (χ1v) is 4.81. The second-order valence-corrected chi connectivity index (χ2v) is 3.68. The Morgan fingerprint density at radius 2 is 1.36 bits per heavy atom. The average molecular weight is 172 g/mol. The molecule has 4 nitrogen and oxygen atoms in total. The van der Waals surface area contributed by atoms with Gasteiger partial charge >= 0.3 is 0 Å². The van der Waals surface area contributed by atoms with E-state index in [4.69, 9.17) is 11.5 Å². The van der Waals surface area contributed by atoms with E-state index in [0.29, 0.717) is 22.4 Å². The molecule has 0 atom stereocenters. The molecule has 0 heterocycles. The largest absolute Gasteiger partial charge is 0.370 e. The van der Waals surface area contributed by atoms with E-state index in [0.717, 1.165) is 12.1 Å². The second-order valence-electron chi connectivity index (χ2n) is 2.18. The number of rotatable bonds is 6. The normalized spacial score (nSPS) is 9.45. The Morgan fingerprint density at radius 1 is 1.00 bits per heavy atom. The van der Waals surface area contributed by atoms with E-state index in [-0.39, 0.29) is 11.8 Å². The lowest BCUT2D eigenvalue weighted by Crippen LogP contribution is -2.13. The SMILES string of the molecule is NC(=O)CC[Si]CCC(N)=O. The lowest BCUT2D eigenvalue weighted by molar-refractivity contribution is -0.118. The first-order chi connectivity index (χ1) is 5.13. The molecule has 0 fully saturated rings. The number of carbonyl (C=O) groups is 2. The van der Waals surface area contributed by atoms with Gasteiger partial charge in [0.25, 0.3) is 0 Å². The van der Waals surface area contributed by atoms with E-state index in [9.17, 15) is 9.59 Å². The van der Waals surface area contributed by atoms with Crippen LogP contribution in [0.5, 0.6) is 0 Å². The highest BCUT2D eigenvalue weighted by Gasteiger charge is 1.97. The summed E-state index contributed by atoms with van der Waals surface area (Å²) in [6.45, 7) is 0. The quantitative estimate of drug-likeness (QED) is 0.409. The zero-order chi connectivity index (χ0) is 8.69. The predicted octanol–water partition coefficient (Wildman–Crippen LogP) is -0.722. The van der Waals surface area contributed by atoms with Gasteiger partial charge in [0.15, 0.2) is 0 Å². The van der Waals surface area contributed by atoms with Crippen LogP contribution >= 0.6 is 0 Å². The molecule has 0 aliphatic rings. The number of primary amides is 2. The molecule has 0 bridgehead atoms. The topological polar surface area (TPSA) is 86.2 Å². The third kappa shape index (κ3) is 9.16. The van der Waals surface area contributed by atoms with Crippen molar-refractivity contribution in [3.05, 3.63) is 0 Å². The van der Waals surface area contributed by atoms with Crippen LogP contribution in [0.1, 0.15) is 12.8 Å². The van der Waals surface area contributed by atoms with Crippen LogP contribution in [0, 0.1) is 0 Å². The van der Waals surface area contributed by atoms with Gasteiger partial charge in [0.05, 0.1) is 0 Å². The molecular formula is C6H12N2O2Si. The van der Waals surface area contributed by atoms with Gasteiger partial charge in [-0.2, -0.15) is 0 Å². The highest BCUT2D eigenvalue weighted by Crippen LogP contribution is 1.94. The molecule has 0 saturated carbocycles.